The zero-order valence-electron chi connectivity index (χ0n) is 16.6. The molecule has 3 heterocycles. The lowest BCUT2D eigenvalue weighted by Crippen LogP contribution is -2.17. The predicted molar refractivity (Wildman–Crippen MR) is 117 cm³/mol. The van der Waals surface area contributed by atoms with Crippen LogP contribution in [0.2, 0.25) is 0 Å². The van der Waals surface area contributed by atoms with Crippen molar-refractivity contribution in [1.29, 1.82) is 0 Å². The van der Waals surface area contributed by atoms with Crippen LogP contribution in [-0.2, 0) is 19.3 Å². The van der Waals surface area contributed by atoms with Crippen LogP contribution in [0.4, 0.5) is 17.3 Å². The summed E-state index contributed by atoms with van der Waals surface area (Å²) in [6.45, 7) is 2.95. The second-order valence-corrected chi connectivity index (χ2v) is 8.01. The lowest BCUT2D eigenvalue weighted by atomic mass is 9.99. The Morgan fingerprint density at radius 1 is 0.793 bits per heavy atom. The molecule has 3 heteroatoms. The van der Waals surface area contributed by atoms with E-state index in [1.807, 2.05) is 6.07 Å². The molecule has 4 aromatic rings. The van der Waals surface area contributed by atoms with Crippen LogP contribution in [0.5, 0.6) is 5.75 Å². The molecule has 3 aromatic carbocycles. The van der Waals surface area contributed by atoms with E-state index >= 15 is 0 Å². The highest BCUT2D eigenvalue weighted by Gasteiger charge is 2.30. The van der Waals surface area contributed by atoms with E-state index in [9.17, 15) is 0 Å². The molecule has 6 rings (SSSR count). The van der Waals surface area contributed by atoms with Crippen molar-refractivity contribution in [2.24, 2.45) is 0 Å². The smallest absolute Gasteiger partial charge is 0.209 e. The molecule has 0 radical (unpaired) electrons. The monoisotopic (exact) mass is 381 g/mol. The molecule has 3 nitrogen and oxygen atoms in total. The van der Waals surface area contributed by atoms with Crippen LogP contribution in [-0.4, -0.2) is 6.61 Å². The highest BCUT2D eigenvalue weighted by atomic mass is 16.5. The molecule has 0 aliphatic carbocycles. The molecule has 29 heavy (non-hydrogen) atoms. The number of nitrogens with zero attached hydrogens (tertiary/aromatic N) is 1. The number of ether oxygens (including phenoxy) is 1. The maximum atomic E-state index is 6.49. The first-order valence-corrected chi connectivity index (χ1v) is 10.4. The minimum atomic E-state index is 0.770. The predicted octanol–water partition coefficient (Wildman–Crippen LogP) is 6.63. The summed E-state index contributed by atoms with van der Waals surface area (Å²) in [5.41, 5.74) is 8.47. The lowest BCUT2D eigenvalue weighted by molar-refractivity contribution is 0.289. The number of anilines is 3. The van der Waals surface area contributed by atoms with E-state index in [-0.39, 0.29) is 0 Å². The van der Waals surface area contributed by atoms with Crippen molar-refractivity contribution in [2.75, 3.05) is 11.5 Å². The molecule has 0 saturated carbocycles. The van der Waals surface area contributed by atoms with Crippen molar-refractivity contribution in [3.05, 3.63) is 82.9 Å². The van der Waals surface area contributed by atoms with Crippen LogP contribution in [0.25, 0.3) is 11.0 Å². The molecule has 144 valence electrons. The third kappa shape index (κ3) is 2.50. The second-order valence-electron chi connectivity index (χ2n) is 8.01. The molecule has 0 fully saturated rings. The third-order valence-electron chi connectivity index (χ3n) is 6.29. The van der Waals surface area contributed by atoms with Gasteiger partial charge in [0.1, 0.15) is 11.3 Å². The van der Waals surface area contributed by atoms with Gasteiger partial charge in [-0.15, -0.1) is 0 Å². The van der Waals surface area contributed by atoms with E-state index in [0.717, 1.165) is 55.2 Å². The minimum absolute atomic E-state index is 0.770. The standard InChI is InChI=1S/C26H23NO2/c1-17-12-15-23(25-19(17)9-6-16-28-25)27-22-10-4-2-7-18(22)13-14-21-20-8-3-5-11-24(20)29-26(21)27/h2-5,7-8,10-12,15H,6,9,13-14,16H2,1H3. The van der Waals surface area contributed by atoms with Gasteiger partial charge in [0.15, 0.2) is 0 Å². The molecule has 0 saturated heterocycles. The maximum absolute atomic E-state index is 6.49. The Bertz CT molecular complexity index is 1240. The summed E-state index contributed by atoms with van der Waals surface area (Å²) >= 11 is 0. The molecule has 2 aliphatic rings. The van der Waals surface area contributed by atoms with Gasteiger partial charge in [0.25, 0.3) is 0 Å². The molecular weight excluding hydrogens is 358 g/mol. The van der Waals surface area contributed by atoms with E-state index in [1.165, 1.54) is 33.3 Å². The van der Waals surface area contributed by atoms with Crippen LogP contribution in [0.1, 0.15) is 28.7 Å². The van der Waals surface area contributed by atoms with Gasteiger partial charge in [-0.1, -0.05) is 42.5 Å². The summed E-state index contributed by atoms with van der Waals surface area (Å²) in [7, 11) is 0. The van der Waals surface area contributed by atoms with Crippen molar-refractivity contribution in [1.82, 2.24) is 0 Å². The second kappa shape index (κ2) is 6.41. The average Bonchev–Trinajstić information content (AvgIpc) is 3.05. The molecule has 0 atom stereocenters. The number of furan rings is 1. The van der Waals surface area contributed by atoms with Gasteiger partial charge in [-0.3, -0.25) is 4.90 Å². The summed E-state index contributed by atoms with van der Waals surface area (Å²) in [5.74, 6) is 1.94. The number of fused-ring (bicyclic) bond motifs is 5. The van der Waals surface area contributed by atoms with E-state index in [4.69, 9.17) is 9.15 Å². The number of aryl methyl sites for hydroxylation is 3. The molecule has 1 aromatic heterocycles. The van der Waals surface area contributed by atoms with Gasteiger partial charge >= 0.3 is 0 Å². The normalized spacial score (nSPS) is 15.3. The number of benzene rings is 3. The zero-order chi connectivity index (χ0) is 19.4. The van der Waals surface area contributed by atoms with Crippen molar-refractivity contribution in [3.8, 4) is 5.75 Å². The third-order valence-corrected chi connectivity index (χ3v) is 6.29. The Labute approximate surface area is 170 Å². The van der Waals surface area contributed by atoms with Gasteiger partial charge in [0, 0.05) is 10.9 Å². The lowest BCUT2D eigenvalue weighted by Gasteiger charge is -2.29. The summed E-state index contributed by atoms with van der Waals surface area (Å²) in [4.78, 5) is 2.29. The Kier molecular flexibility index (Phi) is 3.70. The van der Waals surface area contributed by atoms with Crippen molar-refractivity contribution >= 4 is 28.2 Å². The van der Waals surface area contributed by atoms with Crippen LogP contribution in [0.15, 0.2) is 65.1 Å². The molecule has 0 spiro atoms. The zero-order valence-corrected chi connectivity index (χ0v) is 16.6. The molecular formula is C26H23NO2. The molecule has 0 amide bonds. The molecule has 0 bridgehead atoms. The highest BCUT2D eigenvalue weighted by Crippen LogP contribution is 2.49. The fourth-order valence-electron chi connectivity index (χ4n) is 4.84. The fourth-order valence-corrected chi connectivity index (χ4v) is 4.84. The first kappa shape index (κ1) is 16.7. The maximum Gasteiger partial charge on any atom is 0.209 e. The van der Waals surface area contributed by atoms with Crippen molar-refractivity contribution < 1.29 is 9.15 Å². The summed E-state index contributed by atoms with van der Waals surface area (Å²) < 4.78 is 12.7. The van der Waals surface area contributed by atoms with Gasteiger partial charge in [-0.25, -0.2) is 0 Å². The Hall–Kier alpha value is -3.20. The topological polar surface area (TPSA) is 25.6 Å². The van der Waals surface area contributed by atoms with Crippen molar-refractivity contribution in [2.45, 2.75) is 32.6 Å². The van der Waals surface area contributed by atoms with E-state index in [1.54, 1.807) is 0 Å². The van der Waals surface area contributed by atoms with Gasteiger partial charge < -0.3 is 9.15 Å². The Balaban J connectivity index is 1.67. The summed E-state index contributed by atoms with van der Waals surface area (Å²) in [6, 6.07) is 21.5. The van der Waals surface area contributed by atoms with Gasteiger partial charge in [0.2, 0.25) is 5.88 Å². The van der Waals surface area contributed by atoms with Gasteiger partial charge in [0.05, 0.1) is 18.0 Å². The number of para-hydroxylation sites is 2. The van der Waals surface area contributed by atoms with E-state index < -0.39 is 0 Å². The van der Waals surface area contributed by atoms with Crippen LogP contribution in [0.3, 0.4) is 0 Å². The largest absolute Gasteiger partial charge is 0.491 e. The number of rotatable bonds is 1. The highest BCUT2D eigenvalue weighted by molar-refractivity contribution is 5.92. The number of hydrogen-bond acceptors (Lipinski definition) is 3. The van der Waals surface area contributed by atoms with Crippen LogP contribution in [0, 0.1) is 6.92 Å². The summed E-state index contributed by atoms with van der Waals surface area (Å²) in [6.07, 6.45) is 4.11. The van der Waals surface area contributed by atoms with Crippen molar-refractivity contribution in [3.63, 3.8) is 0 Å². The molecule has 0 unspecified atom stereocenters. The van der Waals surface area contributed by atoms with E-state index in [0.29, 0.717) is 0 Å². The Morgan fingerprint density at radius 3 is 2.62 bits per heavy atom. The first-order chi connectivity index (χ1) is 14.3. The minimum Gasteiger partial charge on any atom is -0.491 e. The van der Waals surface area contributed by atoms with Gasteiger partial charge in [-0.05, 0) is 67.5 Å². The fraction of sp³-hybridized carbons (Fsp3) is 0.231. The summed E-state index contributed by atoms with van der Waals surface area (Å²) in [5, 5.41) is 1.21. The van der Waals surface area contributed by atoms with Crippen LogP contribution < -0.4 is 9.64 Å². The van der Waals surface area contributed by atoms with E-state index in [2.05, 4.69) is 66.4 Å². The molecule has 2 aliphatic heterocycles. The quantitative estimate of drug-likeness (QED) is 0.370. The van der Waals surface area contributed by atoms with Gasteiger partial charge in [-0.2, -0.15) is 0 Å². The molecule has 0 N–H and O–H groups in total. The Morgan fingerprint density at radius 2 is 1.66 bits per heavy atom. The van der Waals surface area contributed by atoms with Crippen LogP contribution >= 0.6 is 0 Å². The first-order valence-electron chi connectivity index (χ1n) is 10.4. The SMILES string of the molecule is Cc1ccc(N2c3ccccc3CCc3c2oc2ccccc32)c2c1CCCO2. The average molecular weight is 381 g/mol. The number of hydrogen-bond donors (Lipinski definition) is 0.